The molecule has 5 rings (SSSR count). The molecule has 0 spiro atoms. The van der Waals surface area contributed by atoms with E-state index in [1.807, 2.05) is 61.5 Å². The van der Waals surface area contributed by atoms with Crippen LogP contribution in [0.15, 0.2) is 95.6 Å². The van der Waals surface area contributed by atoms with Gasteiger partial charge in [-0.2, -0.15) is 0 Å². The Morgan fingerprint density at radius 1 is 0.953 bits per heavy atom. The number of imide groups is 1. The SMILES string of the molecule is COCCCN(C(=O)CSC1=N/C(=C\c2ccc(C)cc2)C(=O)N1c1ccccc1)C1CC(=O)N(c2ccccc2)C1=O. The maximum Gasteiger partial charge on any atom is 0.283 e. The summed E-state index contributed by atoms with van der Waals surface area (Å²) in [5.41, 5.74) is 3.31. The van der Waals surface area contributed by atoms with Gasteiger partial charge in [0.1, 0.15) is 11.7 Å². The zero-order chi connectivity index (χ0) is 30.3. The standard InChI is InChI=1S/C33H32N4O5S/c1-23-14-16-24(17-15-23)20-27-31(40)37(26-12-7-4-8-13-26)33(34-27)43-22-30(39)35(18-9-19-42-2)28-21-29(38)36(32(28)41)25-10-5-3-6-11-25/h3-8,10-17,20,28H,9,18-19,21-22H2,1-2H3/b27-20-. The Kier molecular flexibility index (Phi) is 9.48. The van der Waals surface area contributed by atoms with Crippen LogP contribution >= 0.6 is 11.8 Å². The number of hydrogen-bond acceptors (Lipinski definition) is 7. The number of carbonyl (C=O) groups is 4. The van der Waals surface area contributed by atoms with Gasteiger partial charge >= 0.3 is 0 Å². The number of carbonyl (C=O) groups excluding carboxylic acids is 4. The summed E-state index contributed by atoms with van der Waals surface area (Å²) in [6, 6.07) is 24.7. The first kappa shape index (κ1) is 29.9. The van der Waals surface area contributed by atoms with Crippen LogP contribution in [0.1, 0.15) is 24.0 Å². The minimum atomic E-state index is -0.924. The van der Waals surface area contributed by atoms with Crippen molar-refractivity contribution < 1.29 is 23.9 Å². The summed E-state index contributed by atoms with van der Waals surface area (Å²) in [4.78, 5) is 62.4. The molecule has 2 aliphatic rings. The minimum absolute atomic E-state index is 0.0798. The van der Waals surface area contributed by atoms with Crippen molar-refractivity contribution in [3.05, 3.63) is 102 Å². The Balaban J connectivity index is 1.38. The first-order valence-corrected chi connectivity index (χ1v) is 15.0. The Labute approximate surface area is 254 Å². The van der Waals surface area contributed by atoms with Crippen LogP contribution in [0.4, 0.5) is 11.4 Å². The Hall–Kier alpha value is -4.54. The van der Waals surface area contributed by atoms with E-state index < -0.39 is 11.9 Å². The van der Waals surface area contributed by atoms with Gasteiger partial charge in [-0.15, -0.1) is 0 Å². The highest BCUT2D eigenvalue weighted by atomic mass is 32.2. The summed E-state index contributed by atoms with van der Waals surface area (Å²) in [6.45, 7) is 2.63. The summed E-state index contributed by atoms with van der Waals surface area (Å²) in [6.07, 6.45) is 2.12. The Morgan fingerprint density at radius 2 is 1.58 bits per heavy atom. The van der Waals surface area contributed by atoms with E-state index in [4.69, 9.17) is 4.74 Å². The van der Waals surface area contributed by atoms with Crippen LogP contribution in [0, 0.1) is 6.92 Å². The van der Waals surface area contributed by atoms with E-state index in [9.17, 15) is 19.2 Å². The van der Waals surface area contributed by atoms with Crippen molar-refractivity contribution in [1.29, 1.82) is 0 Å². The van der Waals surface area contributed by atoms with Crippen molar-refractivity contribution in [2.75, 3.05) is 35.8 Å². The van der Waals surface area contributed by atoms with E-state index in [2.05, 4.69) is 4.99 Å². The Morgan fingerprint density at radius 3 is 2.21 bits per heavy atom. The first-order chi connectivity index (χ1) is 20.9. The largest absolute Gasteiger partial charge is 0.385 e. The molecule has 2 aliphatic heterocycles. The number of rotatable bonds is 10. The van der Waals surface area contributed by atoms with Gasteiger partial charge in [0.05, 0.1) is 23.5 Å². The zero-order valence-corrected chi connectivity index (χ0v) is 24.8. The first-order valence-electron chi connectivity index (χ1n) is 14.0. The fraction of sp³-hybridized carbons (Fsp3) is 0.242. The van der Waals surface area contributed by atoms with Crippen LogP contribution in [0.3, 0.4) is 0 Å². The number of benzene rings is 3. The minimum Gasteiger partial charge on any atom is -0.385 e. The highest BCUT2D eigenvalue weighted by molar-refractivity contribution is 8.14. The van der Waals surface area contributed by atoms with Gasteiger partial charge in [-0.05, 0) is 49.2 Å². The average molecular weight is 597 g/mol. The summed E-state index contributed by atoms with van der Waals surface area (Å²) in [5, 5.41) is 0.361. The predicted molar refractivity (Wildman–Crippen MR) is 169 cm³/mol. The molecule has 0 N–H and O–H groups in total. The van der Waals surface area contributed by atoms with Gasteiger partial charge in [0, 0.05) is 20.3 Å². The van der Waals surface area contributed by atoms with Gasteiger partial charge in [0.25, 0.3) is 11.8 Å². The highest BCUT2D eigenvalue weighted by Crippen LogP contribution is 2.31. The van der Waals surface area contributed by atoms with Crippen molar-refractivity contribution in [2.45, 2.75) is 25.8 Å². The topological polar surface area (TPSA) is 99.6 Å². The van der Waals surface area contributed by atoms with Crippen molar-refractivity contribution in [2.24, 2.45) is 4.99 Å². The van der Waals surface area contributed by atoms with E-state index in [-0.39, 0.29) is 42.1 Å². The molecule has 1 fully saturated rings. The lowest BCUT2D eigenvalue weighted by Crippen LogP contribution is -2.47. The van der Waals surface area contributed by atoms with E-state index in [0.717, 1.165) is 27.8 Å². The molecule has 3 aromatic carbocycles. The molecule has 9 nitrogen and oxygen atoms in total. The van der Waals surface area contributed by atoms with E-state index >= 15 is 0 Å². The second kappa shape index (κ2) is 13.6. The fourth-order valence-electron chi connectivity index (χ4n) is 4.97. The zero-order valence-electron chi connectivity index (χ0n) is 24.0. The normalized spacial score (nSPS) is 17.6. The number of ether oxygens (including phenoxy) is 1. The van der Waals surface area contributed by atoms with Crippen molar-refractivity contribution in [1.82, 2.24) is 4.90 Å². The number of thioether (sulfide) groups is 1. The molecule has 0 bridgehead atoms. The number of amides is 4. The lowest BCUT2D eigenvalue weighted by atomic mass is 10.1. The molecule has 1 atom stereocenters. The Bertz CT molecular complexity index is 1560. The third-order valence-corrected chi connectivity index (χ3v) is 8.05. The molecule has 0 saturated carbocycles. The summed E-state index contributed by atoms with van der Waals surface area (Å²) in [7, 11) is 1.57. The molecular weight excluding hydrogens is 564 g/mol. The lowest BCUT2D eigenvalue weighted by molar-refractivity contribution is -0.136. The fourth-order valence-corrected chi connectivity index (χ4v) is 5.87. The second-order valence-corrected chi connectivity index (χ2v) is 11.1. The summed E-state index contributed by atoms with van der Waals surface area (Å²) < 4.78 is 5.18. The highest BCUT2D eigenvalue weighted by Gasteiger charge is 2.44. The molecule has 0 aliphatic carbocycles. The van der Waals surface area contributed by atoms with Gasteiger partial charge < -0.3 is 9.64 Å². The molecule has 1 saturated heterocycles. The lowest BCUT2D eigenvalue weighted by Gasteiger charge is -2.28. The number of anilines is 2. The van der Waals surface area contributed by atoms with E-state index in [1.54, 1.807) is 43.5 Å². The number of methoxy groups -OCH3 is 1. The van der Waals surface area contributed by atoms with Gasteiger partial charge in [0.2, 0.25) is 11.8 Å². The maximum absolute atomic E-state index is 13.7. The van der Waals surface area contributed by atoms with E-state index in [1.165, 1.54) is 9.80 Å². The number of hydrogen-bond donors (Lipinski definition) is 0. The summed E-state index contributed by atoms with van der Waals surface area (Å²) >= 11 is 1.12. The van der Waals surface area contributed by atoms with Crippen molar-refractivity contribution in [3.8, 4) is 0 Å². The predicted octanol–water partition coefficient (Wildman–Crippen LogP) is 4.67. The van der Waals surface area contributed by atoms with Crippen LogP contribution < -0.4 is 9.80 Å². The summed E-state index contributed by atoms with van der Waals surface area (Å²) in [5.74, 6) is -1.50. The quantitative estimate of drug-likeness (QED) is 0.192. The van der Waals surface area contributed by atoms with Gasteiger partial charge in [-0.1, -0.05) is 78.0 Å². The smallest absolute Gasteiger partial charge is 0.283 e. The van der Waals surface area contributed by atoms with Crippen molar-refractivity contribution >= 4 is 58.0 Å². The average Bonchev–Trinajstić information content (AvgIpc) is 3.49. The van der Waals surface area contributed by atoms with Crippen LogP contribution in [0.25, 0.3) is 6.08 Å². The molecule has 10 heteroatoms. The molecule has 4 amide bonds. The molecule has 3 aromatic rings. The number of aliphatic imine (C=N–C) groups is 1. The van der Waals surface area contributed by atoms with Crippen LogP contribution in [-0.2, 0) is 23.9 Å². The van der Waals surface area contributed by atoms with Crippen LogP contribution in [0.2, 0.25) is 0 Å². The maximum atomic E-state index is 13.7. The molecule has 220 valence electrons. The molecule has 0 aromatic heterocycles. The van der Waals surface area contributed by atoms with Gasteiger partial charge in [0.15, 0.2) is 5.17 Å². The number of para-hydroxylation sites is 2. The molecule has 2 heterocycles. The number of aryl methyl sites for hydroxylation is 1. The molecular formula is C33H32N4O5S. The van der Waals surface area contributed by atoms with Crippen LogP contribution in [-0.4, -0.2) is 65.8 Å². The monoisotopic (exact) mass is 596 g/mol. The molecule has 43 heavy (non-hydrogen) atoms. The molecule has 0 radical (unpaired) electrons. The second-order valence-electron chi connectivity index (χ2n) is 10.2. The van der Waals surface area contributed by atoms with E-state index in [0.29, 0.717) is 29.6 Å². The van der Waals surface area contributed by atoms with Crippen molar-refractivity contribution in [3.63, 3.8) is 0 Å². The molecule has 1 unspecified atom stereocenters. The number of amidine groups is 1. The van der Waals surface area contributed by atoms with Crippen LogP contribution in [0.5, 0.6) is 0 Å². The van der Waals surface area contributed by atoms with Gasteiger partial charge in [-0.3, -0.25) is 24.1 Å². The third-order valence-electron chi connectivity index (χ3n) is 7.13. The number of nitrogens with zero attached hydrogens (tertiary/aromatic N) is 4. The third kappa shape index (κ3) is 6.76. The van der Waals surface area contributed by atoms with Gasteiger partial charge in [-0.25, -0.2) is 9.89 Å².